The molecule has 21 heavy (non-hydrogen) atoms. The molecule has 0 saturated carbocycles. The number of rotatable bonds is 3. The Hall–Kier alpha value is -1.56. The zero-order valence-corrected chi connectivity index (χ0v) is 13.2. The van der Waals surface area contributed by atoms with Crippen LogP contribution in [0.5, 0.6) is 0 Å². The lowest BCUT2D eigenvalue weighted by Crippen LogP contribution is -2.03. The Balaban J connectivity index is 1.93. The fourth-order valence-electron chi connectivity index (χ4n) is 2.28. The third-order valence-corrected chi connectivity index (χ3v) is 4.27. The summed E-state index contributed by atoms with van der Waals surface area (Å²) in [6, 6.07) is 10.9. The fraction of sp³-hybridized carbons (Fsp3) is 0.133. The first-order valence-electron chi connectivity index (χ1n) is 6.37. The minimum absolute atomic E-state index is 0.263. The zero-order chi connectivity index (χ0) is 15.0. The SMILES string of the molecule is O=c1[nH]c2cc(Br)c(C(O)Cc3ccc(Cl)cc3)cc2[nH]1. The molecule has 3 N–H and O–H groups in total. The highest BCUT2D eigenvalue weighted by Gasteiger charge is 2.14. The third kappa shape index (κ3) is 3.05. The van der Waals surface area contributed by atoms with E-state index in [9.17, 15) is 9.90 Å². The number of benzene rings is 2. The van der Waals surface area contributed by atoms with E-state index in [1.807, 2.05) is 12.1 Å². The summed E-state index contributed by atoms with van der Waals surface area (Å²) < 4.78 is 0.756. The number of hydrogen-bond acceptors (Lipinski definition) is 2. The normalized spacial score (nSPS) is 12.7. The van der Waals surface area contributed by atoms with Gasteiger partial charge in [-0.2, -0.15) is 0 Å². The molecular formula is C15H12BrClN2O2. The highest BCUT2D eigenvalue weighted by atomic mass is 79.9. The quantitative estimate of drug-likeness (QED) is 0.662. The molecule has 3 aromatic rings. The second-order valence-electron chi connectivity index (χ2n) is 4.84. The third-order valence-electron chi connectivity index (χ3n) is 3.33. The van der Waals surface area contributed by atoms with Crippen molar-refractivity contribution in [3.05, 3.63) is 67.5 Å². The van der Waals surface area contributed by atoms with Crippen molar-refractivity contribution in [2.24, 2.45) is 0 Å². The van der Waals surface area contributed by atoms with Gasteiger partial charge in [-0.25, -0.2) is 4.79 Å². The molecule has 0 spiro atoms. The van der Waals surface area contributed by atoms with Gasteiger partial charge in [0, 0.05) is 15.9 Å². The van der Waals surface area contributed by atoms with Crippen LogP contribution in [0.3, 0.4) is 0 Å². The van der Waals surface area contributed by atoms with E-state index < -0.39 is 6.10 Å². The van der Waals surface area contributed by atoms with Crippen LogP contribution in [-0.4, -0.2) is 15.1 Å². The molecular weight excluding hydrogens is 356 g/mol. The van der Waals surface area contributed by atoms with Crippen LogP contribution in [0.4, 0.5) is 0 Å². The smallest absolute Gasteiger partial charge is 0.323 e. The molecule has 3 rings (SSSR count). The largest absolute Gasteiger partial charge is 0.388 e. The molecule has 0 aliphatic heterocycles. The molecule has 1 unspecified atom stereocenters. The number of nitrogens with one attached hydrogen (secondary N) is 2. The average molecular weight is 368 g/mol. The maximum atomic E-state index is 11.3. The first kappa shape index (κ1) is 14.4. The Morgan fingerprint density at radius 2 is 1.76 bits per heavy atom. The van der Waals surface area contributed by atoms with Crippen molar-refractivity contribution >= 4 is 38.6 Å². The van der Waals surface area contributed by atoms with Gasteiger partial charge in [-0.1, -0.05) is 39.7 Å². The van der Waals surface area contributed by atoms with Crippen LogP contribution in [0.1, 0.15) is 17.2 Å². The van der Waals surface area contributed by atoms with Gasteiger partial charge in [-0.15, -0.1) is 0 Å². The maximum Gasteiger partial charge on any atom is 0.323 e. The van der Waals surface area contributed by atoms with Crippen molar-refractivity contribution in [3.8, 4) is 0 Å². The minimum atomic E-state index is -0.677. The number of hydrogen-bond donors (Lipinski definition) is 3. The van der Waals surface area contributed by atoms with Gasteiger partial charge in [0.05, 0.1) is 17.1 Å². The summed E-state index contributed by atoms with van der Waals surface area (Å²) in [5.74, 6) is 0. The van der Waals surface area contributed by atoms with Gasteiger partial charge in [0.2, 0.25) is 0 Å². The molecule has 1 heterocycles. The van der Waals surface area contributed by atoms with E-state index >= 15 is 0 Å². The average Bonchev–Trinajstić information content (AvgIpc) is 2.79. The van der Waals surface area contributed by atoms with E-state index in [1.54, 1.807) is 24.3 Å². The monoisotopic (exact) mass is 366 g/mol. The van der Waals surface area contributed by atoms with Gasteiger partial charge >= 0.3 is 5.69 Å². The number of imidazole rings is 1. The van der Waals surface area contributed by atoms with Gasteiger partial charge in [0.15, 0.2) is 0 Å². The van der Waals surface area contributed by atoms with E-state index in [2.05, 4.69) is 25.9 Å². The molecule has 0 aliphatic rings. The number of halogens is 2. The van der Waals surface area contributed by atoms with Crippen molar-refractivity contribution in [1.29, 1.82) is 0 Å². The van der Waals surface area contributed by atoms with Gasteiger partial charge in [0.1, 0.15) is 0 Å². The highest BCUT2D eigenvalue weighted by Crippen LogP contribution is 2.29. The lowest BCUT2D eigenvalue weighted by molar-refractivity contribution is 0.178. The standard InChI is InChI=1S/C15H12BrClN2O2/c16-11-7-13-12(18-15(21)19-13)6-10(11)14(20)5-8-1-3-9(17)4-2-8/h1-4,6-7,14,20H,5H2,(H2,18,19,21). The van der Waals surface area contributed by atoms with Gasteiger partial charge in [0.25, 0.3) is 0 Å². The number of aromatic amines is 2. The van der Waals surface area contributed by atoms with Crippen LogP contribution in [0.15, 0.2) is 45.7 Å². The van der Waals surface area contributed by atoms with Crippen molar-refractivity contribution in [2.45, 2.75) is 12.5 Å². The van der Waals surface area contributed by atoms with Crippen LogP contribution in [0.25, 0.3) is 11.0 Å². The molecule has 6 heteroatoms. The topological polar surface area (TPSA) is 68.9 Å². The summed E-state index contributed by atoms with van der Waals surface area (Å²) in [5.41, 5.74) is 2.83. The van der Waals surface area contributed by atoms with Crippen LogP contribution in [0, 0.1) is 0 Å². The molecule has 0 radical (unpaired) electrons. The first-order valence-corrected chi connectivity index (χ1v) is 7.54. The summed E-state index contributed by atoms with van der Waals surface area (Å²) in [5, 5.41) is 11.1. The molecule has 108 valence electrons. The molecule has 0 bridgehead atoms. The Kier molecular flexibility index (Phi) is 3.89. The fourth-order valence-corrected chi connectivity index (χ4v) is 3.02. The zero-order valence-electron chi connectivity index (χ0n) is 10.9. The van der Waals surface area contributed by atoms with Crippen LogP contribution in [-0.2, 0) is 6.42 Å². The number of aromatic nitrogens is 2. The van der Waals surface area contributed by atoms with Gasteiger partial charge in [-0.05, 0) is 35.4 Å². The van der Waals surface area contributed by atoms with E-state index in [0.717, 1.165) is 15.6 Å². The van der Waals surface area contributed by atoms with Crippen molar-refractivity contribution in [1.82, 2.24) is 9.97 Å². The summed E-state index contributed by atoms with van der Waals surface area (Å²) >= 11 is 9.29. The first-order chi connectivity index (χ1) is 10.0. The van der Waals surface area contributed by atoms with E-state index in [-0.39, 0.29) is 5.69 Å². The number of H-pyrrole nitrogens is 2. The number of aliphatic hydroxyl groups is 1. The molecule has 0 saturated heterocycles. The van der Waals surface area contributed by atoms with Gasteiger partial charge < -0.3 is 15.1 Å². The summed E-state index contributed by atoms with van der Waals surface area (Å²) in [4.78, 5) is 16.7. The van der Waals surface area contributed by atoms with Crippen LogP contribution < -0.4 is 5.69 Å². The molecule has 2 aromatic carbocycles. The highest BCUT2D eigenvalue weighted by molar-refractivity contribution is 9.10. The predicted octanol–water partition coefficient (Wildman–Crippen LogP) is 3.55. The predicted molar refractivity (Wildman–Crippen MR) is 86.7 cm³/mol. The summed E-state index contributed by atoms with van der Waals surface area (Å²) in [7, 11) is 0. The molecule has 1 atom stereocenters. The summed E-state index contributed by atoms with van der Waals surface area (Å²) in [6.45, 7) is 0. The lowest BCUT2D eigenvalue weighted by atomic mass is 10.0. The van der Waals surface area contributed by atoms with Crippen LogP contribution >= 0.6 is 27.5 Å². The Labute approximate surface area is 133 Å². The van der Waals surface area contributed by atoms with Crippen molar-refractivity contribution in [2.75, 3.05) is 0 Å². The van der Waals surface area contributed by atoms with E-state index in [1.165, 1.54) is 0 Å². The van der Waals surface area contributed by atoms with Crippen LogP contribution in [0.2, 0.25) is 5.02 Å². The molecule has 0 fully saturated rings. The second-order valence-corrected chi connectivity index (χ2v) is 6.14. The number of fused-ring (bicyclic) bond motifs is 1. The van der Waals surface area contributed by atoms with Crippen molar-refractivity contribution < 1.29 is 5.11 Å². The Morgan fingerprint density at radius 3 is 2.43 bits per heavy atom. The second kappa shape index (κ2) is 5.67. The van der Waals surface area contributed by atoms with Crippen molar-refractivity contribution in [3.63, 3.8) is 0 Å². The van der Waals surface area contributed by atoms with Gasteiger partial charge in [-0.3, -0.25) is 0 Å². The van der Waals surface area contributed by atoms with E-state index in [4.69, 9.17) is 11.6 Å². The molecule has 4 nitrogen and oxygen atoms in total. The minimum Gasteiger partial charge on any atom is -0.388 e. The van der Waals surface area contributed by atoms with E-state index in [0.29, 0.717) is 22.5 Å². The maximum absolute atomic E-state index is 11.3. The molecule has 0 amide bonds. The number of aliphatic hydroxyl groups excluding tert-OH is 1. The molecule has 0 aliphatic carbocycles. The lowest BCUT2D eigenvalue weighted by Gasteiger charge is -2.13. The summed E-state index contributed by atoms with van der Waals surface area (Å²) in [6.07, 6.45) is -0.209. The Bertz CT molecular complexity index is 839. The Morgan fingerprint density at radius 1 is 1.14 bits per heavy atom. The molecule has 1 aromatic heterocycles.